The van der Waals surface area contributed by atoms with Crippen LogP contribution in [0.3, 0.4) is 0 Å². The highest BCUT2D eigenvalue weighted by Crippen LogP contribution is 2.18. The minimum atomic E-state index is -1.26. The Kier molecular flexibility index (Phi) is 6.71. The summed E-state index contributed by atoms with van der Waals surface area (Å²) in [6.07, 6.45) is -0.646. The van der Waals surface area contributed by atoms with Crippen LogP contribution in [0, 0.1) is 6.92 Å². The highest BCUT2D eigenvalue weighted by molar-refractivity contribution is 6.49. The number of aldehydes is 1. The van der Waals surface area contributed by atoms with Gasteiger partial charge in [-0.3, -0.25) is 14.6 Å². The first-order valence-corrected chi connectivity index (χ1v) is 8.10. The highest BCUT2D eigenvalue weighted by atomic mass is 19.1. The van der Waals surface area contributed by atoms with Gasteiger partial charge in [0.15, 0.2) is 5.78 Å². The zero-order valence-corrected chi connectivity index (χ0v) is 14.6. The molecule has 8 heteroatoms. The van der Waals surface area contributed by atoms with E-state index < -0.39 is 30.5 Å². The highest BCUT2D eigenvalue weighted by Gasteiger charge is 2.33. The van der Waals surface area contributed by atoms with Crippen molar-refractivity contribution in [1.29, 1.82) is 0 Å². The molecule has 1 aromatic carbocycles. The Morgan fingerprint density at radius 1 is 1.46 bits per heavy atom. The number of carbonyl (C=O) groups excluding carboxylic acids is 3. The van der Waals surface area contributed by atoms with Crippen LogP contribution in [0.4, 0.5) is 4.39 Å². The molecule has 0 aliphatic carbocycles. The molecule has 1 N–H and O–H groups in total. The fraction of sp³-hybridized carbons (Fsp3) is 0.389. The van der Waals surface area contributed by atoms with E-state index in [1.165, 1.54) is 0 Å². The standard InChI is InChI=1S/C18H20FN3O4/c1-11-5-3-4-6-12(11)17(20-2)14-9-16(26-22-14)18(25)21-13(7-8-23)15(24)10-19/h3-6,8,13,16H,7,9-10H2,1-2H3,(H,21,25)/b20-17+/t13-,16?/m0/s1. The molecule has 138 valence electrons. The van der Waals surface area contributed by atoms with Crippen molar-refractivity contribution in [3.63, 3.8) is 0 Å². The lowest BCUT2D eigenvalue weighted by molar-refractivity contribution is -0.135. The molecule has 0 bridgehead atoms. The van der Waals surface area contributed by atoms with Crippen molar-refractivity contribution in [2.45, 2.75) is 31.9 Å². The molecule has 0 fully saturated rings. The molecular formula is C18H20FN3O4. The molecule has 2 rings (SSSR count). The number of rotatable bonds is 8. The number of nitrogens with zero attached hydrogens (tertiary/aromatic N) is 2. The third-order valence-corrected chi connectivity index (χ3v) is 4.03. The maximum Gasteiger partial charge on any atom is 0.264 e. The number of nitrogens with one attached hydrogen (secondary N) is 1. The number of ketones is 1. The zero-order valence-electron chi connectivity index (χ0n) is 14.6. The summed E-state index contributed by atoms with van der Waals surface area (Å²) in [5.74, 6) is -1.49. The summed E-state index contributed by atoms with van der Waals surface area (Å²) in [6, 6.07) is 6.42. The molecule has 0 spiro atoms. The summed E-state index contributed by atoms with van der Waals surface area (Å²) in [6.45, 7) is 0.680. The Morgan fingerprint density at radius 3 is 2.81 bits per heavy atom. The van der Waals surface area contributed by atoms with Crippen molar-refractivity contribution in [3.05, 3.63) is 35.4 Å². The molecule has 1 aliphatic heterocycles. The SMILES string of the molecule is C/N=C(/C1=NOC(C(=O)N[C@@H](CC=O)C(=O)CF)C1)c1ccccc1C. The largest absolute Gasteiger partial charge is 0.382 e. The molecule has 1 unspecified atom stereocenters. The molecule has 0 saturated carbocycles. The van der Waals surface area contributed by atoms with Gasteiger partial charge in [-0.05, 0) is 12.5 Å². The van der Waals surface area contributed by atoms with Crippen molar-refractivity contribution < 1.29 is 23.6 Å². The second-order valence-electron chi connectivity index (χ2n) is 5.79. The smallest absolute Gasteiger partial charge is 0.264 e. The summed E-state index contributed by atoms with van der Waals surface area (Å²) in [4.78, 5) is 43.8. The molecular weight excluding hydrogens is 341 g/mol. The van der Waals surface area contributed by atoms with Crippen LogP contribution in [-0.4, -0.2) is 55.3 Å². The van der Waals surface area contributed by atoms with Gasteiger partial charge >= 0.3 is 0 Å². The van der Waals surface area contributed by atoms with Crippen molar-refractivity contribution in [1.82, 2.24) is 5.32 Å². The Labute approximate surface area is 150 Å². The predicted molar refractivity (Wildman–Crippen MR) is 94.2 cm³/mol. The third kappa shape index (κ3) is 4.38. The number of aliphatic imine (C=N–C) groups is 1. The Hall–Kier alpha value is -2.90. The number of halogens is 1. The van der Waals surface area contributed by atoms with Gasteiger partial charge in [0.25, 0.3) is 5.91 Å². The van der Waals surface area contributed by atoms with Crippen molar-refractivity contribution in [3.8, 4) is 0 Å². The van der Waals surface area contributed by atoms with Crippen molar-refractivity contribution in [2.24, 2.45) is 10.1 Å². The van der Waals surface area contributed by atoms with E-state index >= 15 is 0 Å². The fourth-order valence-corrected chi connectivity index (χ4v) is 2.63. The van der Waals surface area contributed by atoms with Gasteiger partial charge in [-0.25, -0.2) is 4.39 Å². The van der Waals surface area contributed by atoms with Gasteiger partial charge in [-0.1, -0.05) is 29.4 Å². The summed E-state index contributed by atoms with van der Waals surface area (Å²) >= 11 is 0. The Bertz CT molecular complexity index is 761. The second kappa shape index (κ2) is 8.98. The number of alkyl halides is 1. The lowest BCUT2D eigenvalue weighted by Gasteiger charge is -2.16. The summed E-state index contributed by atoms with van der Waals surface area (Å²) in [5, 5.41) is 6.28. The molecule has 1 aromatic rings. The van der Waals surface area contributed by atoms with Crippen LogP contribution in [0.1, 0.15) is 24.0 Å². The number of amides is 1. The maximum absolute atomic E-state index is 12.5. The number of aryl methyl sites for hydroxylation is 1. The van der Waals surface area contributed by atoms with E-state index in [0.29, 0.717) is 17.7 Å². The first kappa shape index (κ1) is 19.4. The van der Waals surface area contributed by atoms with Crippen LogP contribution < -0.4 is 5.32 Å². The summed E-state index contributed by atoms with van der Waals surface area (Å²) in [5.41, 5.74) is 3.00. The molecule has 0 radical (unpaired) electrons. The number of oxime groups is 1. The molecule has 0 saturated heterocycles. The Morgan fingerprint density at radius 2 is 2.19 bits per heavy atom. The van der Waals surface area contributed by atoms with E-state index in [9.17, 15) is 18.8 Å². The normalized spacial score (nSPS) is 17.9. The summed E-state index contributed by atoms with van der Waals surface area (Å²) < 4.78 is 12.5. The molecule has 1 heterocycles. The van der Waals surface area contributed by atoms with Gasteiger partial charge in [0, 0.05) is 25.5 Å². The van der Waals surface area contributed by atoms with Crippen LogP contribution in [0.5, 0.6) is 0 Å². The monoisotopic (exact) mass is 361 g/mol. The minimum Gasteiger partial charge on any atom is -0.382 e. The first-order chi connectivity index (χ1) is 12.5. The van der Waals surface area contributed by atoms with E-state index in [-0.39, 0.29) is 12.8 Å². The van der Waals surface area contributed by atoms with Gasteiger partial charge in [0.05, 0.1) is 11.8 Å². The van der Waals surface area contributed by atoms with Gasteiger partial charge < -0.3 is 14.9 Å². The minimum absolute atomic E-state index is 0.157. The molecule has 1 amide bonds. The van der Waals surface area contributed by atoms with Crippen LogP contribution in [0.2, 0.25) is 0 Å². The van der Waals surface area contributed by atoms with Gasteiger partial charge in [-0.2, -0.15) is 0 Å². The lowest BCUT2D eigenvalue weighted by atomic mass is 9.97. The van der Waals surface area contributed by atoms with E-state index in [0.717, 1.165) is 11.1 Å². The van der Waals surface area contributed by atoms with E-state index in [1.807, 2.05) is 31.2 Å². The molecule has 1 aliphatic rings. The van der Waals surface area contributed by atoms with E-state index in [2.05, 4.69) is 15.5 Å². The van der Waals surface area contributed by atoms with Crippen LogP contribution >= 0.6 is 0 Å². The lowest BCUT2D eigenvalue weighted by Crippen LogP contribution is -2.46. The first-order valence-electron chi connectivity index (χ1n) is 8.10. The number of carbonyl (C=O) groups is 3. The number of benzene rings is 1. The molecule has 2 atom stereocenters. The third-order valence-electron chi connectivity index (χ3n) is 4.03. The van der Waals surface area contributed by atoms with Gasteiger partial charge in [-0.15, -0.1) is 0 Å². The second-order valence-corrected chi connectivity index (χ2v) is 5.79. The number of hydrogen-bond donors (Lipinski definition) is 1. The number of Topliss-reactive ketones (excluding diaryl/α,β-unsaturated/α-hetero) is 1. The topological polar surface area (TPSA) is 97.2 Å². The average Bonchev–Trinajstić information content (AvgIpc) is 3.13. The van der Waals surface area contributed by atoms with Gasteiger partial charge in [0.2, 0.25) is 6.10 Å². The fourth-order valence-electron chi connectivity index (χ4n) is 2.63. The quantitative estimate of drug-likeness (QED) is 0.555. The average molecular weight is 361 g/mol. The predicted octanol–water partition coefficient (Wildman–Crippen LogP) is 1.17. The molecule has 7 nitrogen and oxygen atoms in total. The van der Waals surface area contributed by atoms with Crippen molar-refractivity contribution in [2.75, 3.05) is 13.7 Å². The zero-order chi connectivity index (χ0) is 19.1. The van der Waals surface area contributed by atoms with Crippen LogP contribution in [-0.2, 0) is 19.2 Å². The molecule has 0 aromatic heterocycles. The maximum atomic E-state index is 12.5. The molecule has 26 heavy (non-hydrogen) atoms. The van der Waals surface area contributed by atoms with Crippen LogP contribution in [0.25, 0.3) is 0 Å². The Balaban J connectivity index is 2.06. The summed E-state index contributed by atoms with van der Waals surface area (Å²) in [7, 11) is 1.62. The van der Waals surface area contributed by atoms with Gasteiger partial charge in [0.1, 0.15) is 18.7 Å². The van der Waals surface area contributed by atoms with Crippen LogP contribution in [0.15, 0.2) is 34.4 Å². The van der Waals surface area contributed by atoms with E-state index in [4.69, 9.17) is 4.84 Å². The van der Waals surface area contributed by atoms with E-state index in [1.54, 1.807) is 7.05 Å². The number of hydrogen-bond acceptors (Lipinski definition) is 6. The van der Waals surface area contributed by atoms with Crippen molar-refractivity contribution >= 4 is 29.4 Å².